The minimum Gasteiger partial charge on any atom is -0.484 e. The van der Waals surface area contributed by atoms with E-state index in [1.807, 2.05) is 36.4 Å². The molecule has 4 nitrogen and oxygen atoms in total. The highest BCUT2D eigenvalue weighted by atomic mass is 16.5. The Hall–Kier alpha value is -5.35. The molecule has 1 aliphatic heterocycles. The molecule has 0 N–H and O–H groups in total. The Morgan fingerprint density at radius 1 is 0.537 bits per heavy atom. The lowest BCUT2D eigenvalue weighted by Crippen LogP contribution is -2.20. The molecule has 194 valence electrons. The van der Waals surface area contributed by atoms with Crippen molar-refractivity contribution in [2.75, 3.05) is 0 Å². The molecule has 0 spiro atoms. The lowest BCUT2D eigenvalue weighted by atomic mass is 9.83. The fourth-order valence-electron chi connectivity index (χ4n) is 6.00. The molecular weight excluding hydrogens is 502 g/mol. The molecular formula is C37H25N3O. The first kappa shape index (κ1) is 23.5. The summed E-state index contributed by atoms with van der Waals surface area (Å²) in [6, 6.07) is 41.6. The van der Waals surface area contributed by atoms with Gasteiger partial charge in [-0.2, -0.15) is 0 Å². The number of nitrogens with zero attached hydrogens (tertiary/aromatic N) is 3. The van der Waals surface area contributed by atoms with Gasteiger partial charge in [0.25, 0.3) is 0 Å². The minimum atomic E-state index is -0.132. The fourth-order valence-corrected chi connectivity index (χ4v) is 6.00. The van der Waals surface area contributed by atoms with Crippen LogP contribution in [0.3, 0.4) is 0 Å². The van der Waals surface area contributed by atoms with Crippen molar-refractivity contribution >= 4 is 16.3 Å². The second-order valence-corrected chi connectivity index (χ2v) is 10.4. The van der Waals surface area contributed by atoms with Crippen molar-refractivity contribution in [1.29, 1.82) is 0 Å². The smallest absolute Gasteiger partial charge is 0.164 e. The van der Waals surface area contributed by atoms with E-state index in [1.165, 1.54) is 0 Å². The Balaban J connectivity index is 1.31. The maximum atomic E-state index is 6.64. The van der Waals surface area contributed by atoms with Gasteiger partial charge < -0.3 is 4.74 Å². The standard InChI is InChI=1S/C37H25N3O/c1-3-12-25(13-4-1)28-19-10-21-30-33-31(22-11-23-32(33)41-34(28)30)37-39-35(26-15-5-2-6-16-26)38-36(40-37)29-20-9-17-24-14-7-8-18-27(24)29/h1-23,32-33H. The van der Waals surface area contributed by atoms with Crippen molar-refractivity contribution in [3.8, 4) is 39.7 Å². The van der Waals surface area contributed by atoms with E-state index in [4.69, 9.17) is 19.7 Å². The van der Waals surface area contributed by atoms with Gasteiger partial charge in [0.15, 0.2) is 17.5 Å². The molecule has 6 aromatic rings. The van der Waals surface area contributed by atoms with E-state index in [0.717, 1.165) is 49.9 Å². The van der Waals surface area contributed by atoms with Gasteiger partial charge in [-0.05, 0) is 22.4 Å². The van der Waals surface area contributed by atoms with Crippen LogP contribution in [-0.4, -0.2) is 21.1 Å². The first-order valence-electron chi connectivity index (χ1n) is 13.9. The van der Waals surface area contributed by atoms with Crippen molar-refractivity contribution < 1.29 is 4.74 Å². The zero-order valence-electron chi connectivity index (χ0n) is 22.2. The Kier molecular flexibility index (Phi) is 5.56. The summed E-state index contributed by atoms with van der Waals surface area (Å²) in [5, 5.41) is 2.27. The molecule has 0 radical (unpaired) electrons. The van der Waals surface area contributed by atoms with Crippen molar-refractivity contribution in [3.05, 3.63) is 151 Å². The lowest BCUT2D eigenvalue weighted by Gasteiger charge is -2.22. The zero-order chi connectivity index (χ0) is 27.2. The number of rotatable bonds is 4. The molecule has 1 aliphatic carbocycles. The van der Waals surface area contributed by atoms with Gasteiger partial charge in [0.1, 0.15) is 11.9 Å². The summed E-state index contributed by atoms with van der Waals surface area (Å²) >= 11 is 0. The minimum absolute atomic E-state index is 0.0231. The number of allylic oxidation sites excluding steroid dienone is 2. The normalized spacial score (nSPS) is 17.0. The number of hydrogen-bond donors (Lipinski definition) is 0. The SMILES string of the molecule is C1=CC2Oc3c(-c4ccccc4)cccc3C2C(c2nc(-c3ccccc3)nc(-c3cccc4ccccc34)n2)=C1. The van der Waals surface area contributed by atoms with Crippen LogP contribution in [0.5, 0.6) is 5.75 Å². The number of para-hydroxylation sites is 1. The third kappa shape index (κ3) is 4.04. The molecule has 0 amide bonds. The third-order valence-corrected chi connectivity index (χ3v) is 7.92. The summed E-state index contributed by atoms with van der Waals surface area (Å²) in [6.45, 7) is 0. The average molecular weight is 528 g/mol. The molecule has 2 unspecified atom stereocenters. The van der Waals surface area contributed by atoms with E-state index < -0.39 is 0 Å². The van der Waals surface area contributed by atoms with Crippen LogP contribution in [0.25, 0.3) is 50.2 Å². The van der Waals surface area contributed by atoms with E-state index in [-0.39, 0.29) is 12.0 Å². The van der Waals surface area contributed by atoms with Crippen molar-refractivity contribution in [1.82, 2.24) is 15.0 Å². The summed E-state index contributed by atoms with van der Waals surface area (Å²) in [4.78, 5) is 15.2. The largest absolute Gasteiger partial charge is 0.484 e. The van der Waals surface area contributed by atoms with Crippen LogP contribution in [0.4, 0.5) is 0 Å². The molecule has 0 saturated carbocycles. The van der Waals surface area contributed by atoms with Crippen LogP contribution in [0.15, 0.2) is 140 Å². The van der Waals surface area contributed by atoms with Crippen LogP contribution in [0.2, 0.25) is 0 Å². The predicted octanol–water partition coefficient (Wildman–Crippen LogP) is 8.52. The molecule has 0 bridgehead atoms. The first-order chi connectivity index (χ1) is 20.3. The summed E-state index contributed by atoms with van der Waals surface area (Å²) < 4.78 is 6.64. The Morgan fingerprint density at radius 2 is 1.20 bits per heavy atom. The molecule has 0 saturated heterocycles. The predicted molar refractivity (Wildman–Crippen MR) is 164 cm³/mol. The Bertz CT molecular complexity index is 1970. The number of aromatic nitrogens is 3. The summed E-state index contributed by atoms with van der Waals surface area (Å²) in [5.74, 6) is 2.89. The van der Waals surface area contributed by atoms with Crippen LogP contribution < -0.4 is 4.74 Å². The molecule has 2 heterocycles. The monoisotopic (exact) mass is 527 g/mol. The van der Waals surface area contributed by atoms with Crippen molar-refractivity contribution in [2.45, 2.75) is 12.0 Å². The molecule has 4 heteroatoms. The number of benzene rings is 5. The van der Waals surface area contributed by atoms with Crippen LogP contribution in [-0.2, 0) is 0 Å². The maximum absolute atomic E-state index is 6.64. The highest BCUT2D eigenvalue weighted by molar-refractivity contribution is 5.95. The highest BCUT2D eigenvalue weighted by Gasteiger charge is 2.39. The second kappa shape index (κ2) is 9.68. The highest BCUT2D eigenvalue weighted by Crippen LogP contribution is 2.51. The summed E-state index contributed by atoms with van der Waals surface area (Å²) in [5.41, 5.74) is 6.37. The van der Waals surface area contributed by atoms with E-state index in [2.05, 4.69) is 103 Å². The average Bonchev–Trinajstić information content (AvgIpc) is 3.44. The molecule has 8 rings (SSSR count). The first-order valence-corrected chi connectivity index (χ1v) is 13.9. The van der Waals surface area contributed by atoms with Gasteiger partial charge in [-0.1, -0.05) is 133 Å². The van der Waals surface area contributed by atoms with Gasteiger partial charge in [0.2, 0.25) is 0 Å². The van der Waals surface area contributed by atoms with Crippen molar-refractivity contribution in [3.63, 3.8) is 0 Å². The van der Waals surface area contributed by atoms with Crippen LogP contribution in [0.1, 0.15) is 17.3 Å². The Labute approximate surface area is 238 Å². The Morgan fingerprint density at radius 3 is 2.05 bits per heavy atom. The molecule has 2 atom stereocenters. The lowest BCUT2D eigenvalue weighted by molar-refractivity contribution is 0.272. The number of fused-ring (bicyclic) bond motifs is 4. The van der Waals surface area contributed by atoms with Crippen LogP contribution in [0, 0.1) is 0 Å². The van der Waals surface area contributed by atoms with Crippen LogP contribution >= 0.6 is 0 Å². The van der Waals surface area contributed by atoms with Gasteiger partial charge in [-0.3, -0.25) is 0 Å². The molecule has 1 aromatic heterocycles. The molecule has 0 fully saturated rings. The molecule has 2 aliphatic rings. The number of hydrogen-bond acceptors (Lipinski definition) is 4. The fraction of sp³-hybridized carbons (Fsp3) is 0.0541. The second-order valence-electron chi connectivity index (χ2n) is 10.4. The van der Waals surface area contributed by atoms with E-state index in [9.17, 15) is 0 Å². The number of ether oxygens (including phenoxy) is 1. The molecule has 5 aromatic carbocycles. The van der Waals surface area contributed by atoms with E-state index in [0.29, 0.717) is 17.5 Å². The summed E-state index contributed by atoms with van der Waals surface area (Å²) in [7, 11) is 0. The maximum Gasteiger partial charge on any atom is 0.164 e. The quantitative estimate of drug-likeness (QED) is 0.231. The van der Waals surface area contributed by atoms with Gasteiger partial charge in [-0.25, -0.2) is 15.0 Å². The van der Waals surface area contributed by atoms with Gasteiger partial charge >= 0.3 is 0 Å². The van der Waals surface area contributed by atoms with Crippen molar-refractivity contribution in [2.24, 2.45) is 0 Å². The zero-order valence-corrected chi connectivity index (χ0v) is 22.2. The topological polar surface area (TPSA) is 47.9 Å². The van der Waals surface area contributed by atoms with E-state index >= 15 is 0 Å². The van der Waals surface area contributed by atoms with Gasteiger partial charge in [-0.15, -0.1) is 0 Å². The third-order valence-electron chi connectivity index (χ3n) is 7.92. The summed E-state index contributed by atoms with van der Waals surface area (Å²) in [6.07, 6.45) is 6.20. The van der Waals surface area contributed by atoms with Gasteiger partial charge in [0, 0.05) is 27.8 Å². The van der Waals surface area contributed by atoms with E-state index in [1.54, 1.807) is 0 Å². The molecule has 41 heavy (non-hydrogen) atoms. The van der Waals surface area contributed by atoms with Gasteiger partial charge in [0.05, 0.1) is 5.92 Å².